The molecular formula is C25H40F2N4O6. The van der Waals surface area contributed by atoms with Gasteiger partial charge in [-0.05, 0) is 48.9 Å². The first-order valence-corrected chi connectivity index (χ1v) is 12.8. The highest BCUT2D eigenvalue weighted by Gasteiger charge is 2.70. The molecule has 1 saturated heterocycles. The number of amides is 4. The zero-order chi connectivity index (χ0) is 28.1. The molecule has 3 rings (SSSR count). The van der Waals surface area contributed by atoms with E-state index in [1.165, 1.54) is 4.90 Å². The van der Waals surface area contributed by atoms with Crippen molar-refractivity contribution in [2.24, 2.45) is 22.7 Å². The first kappa shape index (κ1) is 29.1. The lowest BCUT2D eigenvalue weighted by atomic mass is 9.85. The van der Waals surface area contributed by atoms with Gasteiger partial charge in [0.2, 0.25) is 17.7 Å². The second-order valence-corrected chi connectivity index (χ2v) is 12.6. The Kier molecular flexibility index (Phi) is 7.85. The van der Waals surface area contributed by atoms with Crippen LogP contribution in [-0.4, -0.2) is 81.7 Å². The second kappa shape index (κ2) is 9.99. The molecule has 6 atom stereocenters. The highest BCUT2D eigenvalue weighted by atomic mass is 19.3. The van der Waals surface area contributed by atoms with Crippen LogP contribution in [0.25, 0.3) is 0 Å². The fourth-order valence-electron chi connectivity index (χ4n) is 5.43. The molecule has 1 aliphatic heterocycles. The van der Waals surface area contributed by atoms with Crippen LogP contribution in [0.1, 0.15) is 67.2 Å². The quantitative estimate of drug-likeness (QED) is 0.290. The predicted molar refractivity (Wildman–Crippen MR) is 130 cm³/mol. The summed E-state index contributed by atoms with van der Waals surface area (Å²) in [5.74, 6) is -5.25. The standard InChI is InChI=1S/C25H40F2N4O6/c1-23(2,3)18(30-22(36)37)21(35)31-11-13-15(24(13,4)5)16(31)19(33)29-14(9-10-25(6,26)27)17(32)20(34)28-12-7-8-12/h12-18,30,32H,7-11H2,1-6H3,(H,28,34)(H,29,33)(H,36,37)/t13-,14?,15-,16-,17?,18?/m0/s1. The molecule has 10 nitrogen and oxygen atoms in total. The molecule has 2 saturated carbocycles. The molecule has 3 aliphatic rings. The fraction of sp³-hybridized carbons (Fsp3) is 0.840. The van der Waals surface area contributed by atoms with Crippen LogP contribution in [0.5, 0.6) is 0 Å². The lowest BCUT2D eigenvalue weighted by Crippen LogP contribution is -2.61. The summed E-state index contributed by atoms with van der Waals surface area (Å²) < 4.78 is 27.3. The summed E-state index contributed by atoms with van der Waals surface area (Å²) >= 11 is 0. The van der Waals surface area contributed by atoms with Gasteiger partial charge in [0.1, 0.15) is 12.1 Å². The zero-order valence-corrected chi connectivity index (χ0v) is 22.3. The number of alkyl halides is 2. The summed E-state index contributed by atoms with van der Waals surface area (Å²) in [6.07, 6.45) is -2.60. The lowest BCUT2D eigenvalue weighted by molar-refractivity contribution is -0.145. The molecule has 12 heteroatoms. The molecule has 0 aromatic heterocycles. The Hall–Kier alpha value is -2.50. The van der Waals surface area contributed by atoms with Crippen LogP contribution < -0.4 is 16.0 Å². The number of halogens is 2. The van der Waals surface area contributed by atoms with Gasteiger partial charge in [-0.1, -0.05) is 34.6 Å². The van der Waals surface area contributed by atoms with Crippen molar-refractivity contribution in [1.82, 2.24) is 20.9 Å². The summed E-state index contributed by atoms with van der Waals surface area (Å²) in [4.78, 5) is 52.4. The van der Waals surface area contributed by atoms with E-state index < -0.39 is 65.8 Å². The van der Waals surface area contributed by atoms with Gasteiger partial charge < -0.3 is 31.1 Å². The molecule has 0 bridgehead atoms. The highest BCUT2D eigenvalue weighted by Crippen LogP contribution is 2.65. The van der Waals surface area contributed by atoms with Gasteiger partial charge >= 0.3 is 6.09 Å². The van der Waals surface area contributed by atoms with E-state index in [1.54, 1.807) is 20.8 Å². The van der Waals surface area contributed by atoms with E-state index in [-0.39, 0.29) is 36.3 Å². The number of hydrogen-bond acceptors (Lipinski definition) is 5. The van der Waals surface area contributed by atoms with Crippen LogP contribution in [0.4, 0.5) is 13.6 Å². The maximum absolute atomic E-state index is 13.6. The zero-order valence-electron chi connectivity index (χ0n) is 22.3. The van der Waals surface area contributed by atoms with Crippen LogP contribution >= 0.6 is 0 Å². The minimum Gasteiger partial charge on any atom is -0.465 e. The summed E-state index contributed by atoms with van der Waals surface area (Å²) in [6, 6.07) is -3.47. The molecule has 0 aromatic rings. The number of nitrogens with zero attached hydrogens (tertiary/aromatic N) is 1. The Morgan fingerprint density at radius 1 is 1.08 bits per heavy atom. The van der Waals surface area contributed by atoms with Crippen molar-refractivity contribution in [3.05, 3.63) is 0 Å². The number of likely N-dealkylation sites (tertiary alicyclic amines) is 1. The van der Waals surface area contributed by atoms with E-state index >= 15 is 0 Å². The molecular weight excluding hydrogens is 490 g/mol. The average molecular weight is 531 g/mol. The molecule has 3 fully saturated rings. The summed E-state index contributed by atoms with van der Waals surface area (Å²) in [6.45, 7) is 10.0. The molecule has 210 valence electrons. The van der Waals surface area contributed by atoms with Gasteiger partial charge in [-0.3, -0.25) is 14.4 Å². The van der Waals surface area contributed by atoms with Crippen LogP contribution in [-0.2, 0) is 14.4 Å². The minimum absolute atomic E-state index is 0.000778. The fourth-order valence-corrected chi connectivity index (χ4v) is 5.43. The predicted octanol–water partition coefficient (Wildman–Crippen LogP) is 1.71. The van der Waals surface area contributed by atoms with E-state index in [0.717, 1.165) is 19.8 Å². The van der Waals surface area contributed by atoms with Crippen molar-refractivity contribution in [3.8, 4) is 0 Å². The summed E-state index contributed by atoms with van der Waals surface area (Å²) in [7, 11) is 0. The van der Waals surface area contributed by atoms with Crippen LogP contribution in [0.15, 0.2) is 0 Å². The normalized spacial score (nSPS) is 26.9. The molecule has 0 aromatic carbocycles. The largest absolute Gasteiger partial charge is 0.465 e. The van der Waals surface area contributed by atoms with Gasteiger partial charge in [-0.15, -0.1) is 0 Å². The minimum atomic E-state index is -3.07. The molecule has 0 radical (unpaired) electrons. The molecule has 37 heavy (non-hydrogen) atoms. The number of piperidine rings is 1. The van der Waals surface area contributed by atoms with Crippen molar-refractivity contribution < 1.29 is 38.2 Å². The first-order valence-electron chi connectivity index (χ1n) is 12.8. The third-order valence-electron chi connectivity index (χ3n) is 7.94. The van der Waals surface area contributed by atoms with E-state index in [0.29, 0.717) is 0 Å². The number of hydrogen-bond donors (Lipinski definition) is 5. The Balaban J connectivity index is 1.83. The maximum Gasteiger partial charge on any atom is 0.405 e. The third kappa shape index (κ3) is 6.69. The van der Waals surface area contributed by atoms with E-state index in [9.17, 15) is 38.2 Å². The average Bonchev–Trinajstić information content (AvgIpc) is 3.59. The molecule has 0 spiro atoms. The van der Waals surface area contributed by atoms with Gasteiger partial charge in [-0.2, -0.15) is 0 Å². The van der Waals surface area contributed by atoms with Crippen molar-refractivity contribution in [2.45, 2.75) is 103 Å². The molecule has 3 unspecified atom stereocenters. The van der Waals surface area contributed by atoms with Crippen molar-refractivity contribution in [2.75, 3.05) is 6.54 Å². The van der Waals surface area contributed by atoms with Gasteiger partial charge in [0, 0.05) is 19.0 Å². The smallest absolute Gasteiger partial charge is 0.405 e. The molecule has 2 aliphatic carbocycles. The van der Waals surface area contributed by atoms with Crippen LogP contribution in [0, 0.1) is 22.7 Å². The molecule has 1 heterocycles. The Morgan fingerprint density at radius 3 is 2.16 bits per heavy atom. The van der Waals surface area contributed by atoms with Gasteiger partial charge in [0.25, 0.3) is 5.91 Å². The number of aliphatic hydroxyl groups is 1. The SMILES string of the molecule is CC(F)(F)CCC(NC(=O)[C@@H]1[C@@H]2[C@H](CN1C(=O)C(NC(=O)O)C(C)(C)C)C2(C)C)C(O)C(=O)NC1CC1. The van der Waals surface area contributed by atoms with Crippen molar-refractivity contribution >= 4 is 23.8 Å². The van der Waals surface area contributed by atoms with E-state index in [4.69, 9.17) is 0 Å². The molecule has 5 N–H and O–H groups in total. The van der Waals surface area contributed by atoms with E-state index in [2.05, 4.69) is 16.0 Å². The van der Waals surface area contributed by atoms with Crippen molar-refractivity contribution in [1.29, 1.82) is 0 Å². The third-order valence-corrected chi connectivity index (χ3v) is 7.94. The topological polar surface area (TPSA) is 148 Å². The number of rotatable bonds is 10. The van der Waals surface area contributed by atoms with Gasteiger partial charge in [0.15, 0.2) is 6.10 Å². The number of fused-ring (bicyclic) bond motifs is 1. The maximum atomic E-state index is 13.6. The highest BCUT2D eigenvalue weighted by molar-refractivity contribution is 5.93. The number of carbonyl (C=O) groups excluding carboxylic acids is 3. The van der Waals surface area contributed by atoms with E-state index in [1.807, 2.05) is 13.8 Å². The number of aliphatic hydroxyl groups excluding tert-OH is 1. The Bertz CT molecular complexity index is 927. The van der Waals surface area contributed by atoms with Crippen molar-refractivity contribution in [3.63, 3.8) is 0 Å². The summed E-state index contributed by atoms with van der Waals surface area (Å²) in [5.41, 5.74) is -1.05. The van der Waals surface area contributed by atoms with Gasteiger partial charge in [0.05, 0.1) is 6.04 Å². The summed E-state index contributed by atoms with van der Waals surface area (Å²) in [5, 5.41) is 27.4. The monoisotopic (exact) mass is 530 g/mol. The number of carbonyl (C=O) groups is 4. The lowest BCUT2D eigenvalue weighted by Gasteiger charge is -2.37. The number of carboxylic acid groups (broad SMARTS) is 1. The van der Waals surface area contributed by atoms with Crippen LogP contribution in [0.2, 0.25) is 0 Å². The second-order valence-electron chi connectivity index (χ2n) is 12.6. The van der Waals surface area contributed by atoms with Crippen LogP contribution in [0.3, 0.4) is 0 Å². The molecule has 4 amide bonds. The number of nitrogens with one attached hydrogen (secondary N) is 3. The Labute approximate surface area is 215 Å². The Morgan fingerprint density at radius 2 is 1.68 bits per heavy atom. The van der Waals surface area contributed by atoms with Gasteiger partial charge in [-0.25, -0.2) is 13.6 Å². The first-order chi connectivity index (χ1) is 16.8.